The highest BCUT2D eigenvalue weighted by molar-refractivity contribution is 5.87. The van der Waals surface area contributed by atoms with Gasteiger partial charge in [-0.2, -0.15) is 0 Å². The van der Waals surface area contributed by atoms with E-state index in [4.69, 9.17) is 4.74 Å². The summed E-state index contributed by atoms with van der Waals surface area (Å²) in [6.45, 7) is 9.13. The first-order chi connectivity index (χ1) is 9.22. The van der Waals surface area contributed by atoms with Crippen LogP contribution in [0.2, 0.25) is 0 Å². The Morgan fingerprint density at radius 2 is 2.05 bits per heavy atom. The van der Waals surface area contributed by atoms with Gasteiger partial charge in [-0.1, -0.05) is 6.92 Å². The number of fused-ring (bicyclic) bond motifs is 1. The number of rotatable bonds is 6. The lowest BCUT2D eigenvalue weighted by molar-refractivity contribution is 0.340. The van der Waals surface area contributed by atoms with Gasteiger partial charge in [0, 0.05) is 29.7 Å². The zero-order valence-electron chi connectivity index (χ0n) is 12.4. The molecule has 1 N–H and O–H groups in total. The summed E-state index contributed by atoms with van der Waals surface area (Å²) in [6.07, 6.45) is 1.15. The minimum atomic E-state index is 0.710. The molecular formula is C16H24N2O. The topological polar surface area (TPSA) is 26.2 Å². The third kappa shape index (κ3) is 2.61. The Labute approximate surface area is 115 Å². The maximum Gasteiger partial charge on any atom is 0.120 e. The van der Waals surface area contributed by atoms with Gasteiger partial charge in [0.25, 0.3) is 0 Å². The van der Waals surface area contributed by atoms with Crippen molar-refractivity contribution in [2.45, 2.75) is 40.3 Å². The molecular weight excluding hydrogens is 236 g/mol. The minimum absolute atomic E-state index is 0.710. The second kappa shape index (κ2) is 6.11. The predicted molar refractivity (Wildman–Crippen MR) is 80.9 cm³/mol. The molecule has 1 heterocycles. The van der Waals surface area contributed by atoms with Crippen molar-refractivity contribution in [2.24, 2.45) is 0 Å². The third-order valence-corrected chi connectivity index (χ3v) is 3.54. The predicted octanol–water partition coefficient (Wildman–Crippen LogP) is 3.48. The summed E-state index contributed by atoms with van der Waals surface area (Å²) in [5.41, 5.74) is 4.06. The summed E-state index contributed by atoms with van der Waals surface area (Å²) < 4.78 is 8.04. The zero-order chi connectivity index (χ0) is 13.8. The van der Waals surface area contributed by atoms with Crippen LogP contribution in [0.5, 0.6) is 5.75 Å². The van der Waals surface area contributed by atoms with Crippen LogP contribution in [0.4, 0.5) is 0 Å². The molecule has 1 aromatic carbocycles. The quantitative estimate of drug-likeness (QED) is 0.860. The van der Waals surface area contributed by atoms with Gasteiger partial charge in [-0.25, -0.2) is 0 Å². The molecule has 0 fully saturated rings. The standard InChI is InChI=1S/C16H24N2O/c1-5-9-18-12(3)15(11-17-4)14-10-13(19-6-2)7-8-16(14)18/h7-8,10,17H,5-6,9,11H2,1-4H3. The van der Waals surface area contributed by atoms with Crippen LogP contribution in [-0.4, -0.2) is 18.2 Å². The maximum atomic E-state index is 5.63. The van der Waals surface area contributed by atoms with E-state index in [-0.39, 0.29) is 0 Å². The van der Waals surface area contributed by atoms with Crippen LogP contribution in [-0.2, 0) is 13.1 Å². The average molecular weight is 260 g/mol. The van der Waals surface area contributed by atoms with Crippen molar-refractivity contribution >= 4 is 10.9 Å². The van der Waals surface area contributed by atoms with Crippen LogP contribution >= 0.6 is 0 Å². The molecule has 2 rings (SSSR count). The van der Waals surface area contributed by atoms with E-state index in [9.17, 15) is 0 Å². The molecule has 0 aliphatic heterocycles. The Bertz CT molecular complexity index is 557. The highest BCUT2D eigenvalue weighted by Crippen LogP contribution is 2.29. The summed E-state index contributed by atoms with van der Waals surface area (Å²) >= 11 is 0. The number of aryl methyl sites for hydroxylation is 1. The fraction of sp³-hybridized carbons (Fsp3) is 0.500. The van der Waals surface area contributed by atoms with E-state index in [1.54, 1.807) is 0 Å². The molecule has 0 atom stereocenters. The first kappa shape index (κ1) is 13.9. The molecule has 0 aliphatic carbocycles. The Morgan fingerprint density at radius 1 is 1.26 bits per heavy atom. The Balaban J connectivity index is 2.59. The van der Waals surface area contributed by atoms with Crippen molar-refractivity contribution < 1.29 is 4.74 Å². The fourth-order valence-corrected chi connectivity index (χ4v) is 2.70. The molecule has 0 bridgehead atoms. The van der Waals surface area contributed by atoms with E-state index in [1.807, 2.05) is 14.0 Å². The molecule has 0 spiro atoms. The summed E-state index contributed by atoms with van der Waals surface area (Å²) in [6, 6.07) is 6.42. The number of aromatic nitrogens is 1. The zero-order valence-corrected chi connectivity index (χ0v) is 12.4. The van der Waals surface area contributed by atoms with Gasteiger partial charge in [0.1, 0.15) is 5.75 Å². The highest BCUT2D eigenvalue weighted by Gasteiger charge is 2.13. The van der Waals surface area contributed by atoms with E-state index < -0.39 is 0 Å². The SMILES string of the molecule is CCCn1c(C)c(CNC)c2cc(OCC)ccc21. The smallest absolute Gasteiger partial charge is 0.120 e. The Kier molecular flexibility index (Phi) is 4.48. The number of nitrogens with one attached hydrogen (secondary N) is 1. The minimum Gasteiger partial charge on any atom is -0.494 e. The monoisotopic (exact) mass is 260 g/mol. The second-order valence-electron chi connectivity index (χ2n) is 4.86. The second-order valence-corrected chi connectivity index (χ2v) is 4.86. The van der Waals surface area contributed by atoms with Gasteiger partial charge >= 0.3 is 0 Å². The van der Waals surface area contributed by atoms with E-state index in [0.29, 0.717) is 6.61 Å². The summed E-state index contributed by atoms with van der Waals surface area (Å²) in [5, 5.41) is 4.58. The van der Waals surface area contributed by atoms with Crippen molar-refractivity contribution in [1.82, 2.24) is 9.88 Å². The van der Waals surface area contributed by atoms with Crippen molar-refractivity contribution in [3.8, 4) is 5.75 Å². The van der Waals surface area contributed by atoms with Crippen LogP contribution in [0, 0.1) is 6.92 Å². The Morgan fingerprint density at radius 3 is 2.68 bits per heavy atom. The molecule has 0 saturated carbocycles. The summed E-state index contributed by atoms with van der Waals surface area (Å²) in [5.74, 6) is 0.959. The van der Waals surface area contributed by atoms with Gasteiger partial charge in [0.05, 0.1) is 6.61 Å². The number of benzene rings is 1. The van der Waals surface area contributed by atoms with Gasteiger partial charge in [0.15, 0.2) is 0 Å². The Hall–Kier alpha value is -1.48. The molecule has 3 heteroatoms. The van der Waals surface area contributed by atoms with Crippen molar-refractivity contribution in [2.75, 3.05) is 13.7 Å². The molecule has 104 valence electrons. The molecule has 0 unspecified atom stereocenters. The van der Waals surface area contributed by atoms with Crippen molar-refractivity contribution in [3.63, 3.8) is 0 Å². The average Bonchev–Trinajstić information content (AvgIpc) is 2.65. The maximum absolute atomic E-state index is 5.63. The molecule has 2 aromatic rings. The number of hydrogen-bond acceptors (Lipinski definition) is 2. The van der Waals surface area contributed by atoms with E-state index in [0.717, 1.165) is 25.3 Å². The van der Waals surface area contributed by atoms with Gasteiger partial charge in [-0.15, -0.1) is 0 Å². The molecule has 0 amide bonds. The van der Waals surface area contributed by atoms with E-state index in [1.165, 1.54) is 22.2 Å². The number of hydrogen-bond donors (Lipinski definition) is 1. The van der Waals surface area contributed by atoms with Gasteiger partial charge in [-0.05, 0) is 51.1 Å². The lowest BCUT2D eigenvalue weighted by Gasteiger charge is -2.07. The van der Waals surface area contributed by atoms with E-state index in [2.05, 4.69) is 41.9 Å². The first-order valence-corrected chi connectivity index (χ1v) is 7.12. The van der Waals surface area contributed by atoms with Gasteiger partial charge < -0.3 is 14.6 Å². The van der Waals surface area contributed by atoms with Crippen molar-refractivity contribution in [3.05, 3.63) is 29.5 Å². The van der Waals surface area contributed by atoms with Crippen LogP contribution < -0.4 is 10.1 Å². The molecule has 0 radical (unpaired) electrons. The number of nitrogens with zero attached hydrogens (tertiary/aromatic N) is 1. The molecule has 0 aliphatic rings. The lowest BCUT2D eigenvalue weighted by atomic mass is 10.1. The molecule has 3 nitrogen and oxygen atoms in total. The first-order valence-electron chi connectivity index (χ1n) is 7.12. The van der Waals surface area contributed by atoms with Gasteiger partial charge in [0.2, 0.25) is 0 Å². The van der Waals surface area contributed by atoms with Crippen molar-refractivity contribution in [1.29, 1.82) is 0 Å². The lowest BCUT2D eigenvalue weighted by Crippen LogP contribution is -2.07. The highest BCUT2D eigenvalue weighted by atomic mass is 16.5. The van der Waals surface area contributed by atoms with E-state index >= 15 is 0 Å². The third-order valence-electron chi connectivity index (χ3n) is 3.54. The largest absolute Gasteiger partial charge is 0.494 e. The molecule has 1 aromatic heterocycles. The number of ether oxygens (including phenoxy) is 1. The normalized spacial score (nSPS) is 11.2. The fourth-order valence-electron chi connectivity index (χ4n) is 2.70. The summed E-state index contributed by atoms with van der Waals surface area (Å²) in [7, 11) is 1.99. The summed E-state index contributed by atoms with van der Waals surface area (Å²) in [4.78, 5) is 0. The van der Waals surface area contributed by atoms with Crippen LogP contribution in [0.25, 0.3) is 10.9 Å². The van der Waals surface area contributed by atoms with Gasteiger partial charge in [-0.3, -0.25) is 0 Å². The molecule has 0 saturated heterocycles. The van der Waals surface area contributed by atoms with Crippen LogP contribution in [0.15, 0.2) is 18.2 Å². The molecule has 19 heavy (non-hydrogen) atoms. The van der Waals surface area contributed by atoms with Crippen LogP contribution in [0.1, 0.15) is 31.5 Å². The van der Waals surface area contributed by atoms with Crippen LogP contribution in [0.3, 0.4) is 0 Å².